The lowest BCUT2D eigenvalue weighted by molar-refractivity contribution is -0.118. The summed E-state index contributed by atoms with van der Waals surface area (Å²) in [6.45, 7) is -3.14. The number of hydrogen-bond donors (Lipinski definition) is 1. The molecule has 1 amide bonds. The molecule has 0 fully saturated rings. The Bertz CT molecular complexity index is 841. The van der Waals surface area contributed by atoms with Crippen molar-refractivity contribution in [3.63, 3.8) is 0 Å². The van der Waals surface area contributed by atoms with Crippen molar-refractivity contribution >= 4 is 27.3 Å². The first kappa shape index (κ1) is 19.1. The van der Waals surface area contributed by atoms with Gasteiger partial charge in [-0.2, -0.15) is 8.78 Å². The number of halogens is 3. The zero-order valence-electron chi connectivity index (χ0n) is 12.8. The summed E-state index contributed by atoms with van der Waals surface area (Å²) in [5.74, 6) is -1.62. The van der Waals surface area contributed by atoms with Crippen LogP contribution in [0.25, 0.3) is 0 Å². The molecule has 25 heavy (non-hydrogen) atoms. The molecule has 0 aliphatic carbocycles. The first-order chi connectivity index (χ1) is 11.8. The van der Waals surface area contributed by atoms with E-state index in [0.29, 0.717) is 10.6 Å². The third kappa shape index (κ3) is 5.68. The Balaban J connectivity index is 2.00. The van der Waals surface area contributed by atoms with Crippen molar-refractivity contribution in [1.29, 1.82) is 0 Å². The van der Waals surface area contributed by atoms with Gasteiger partial charge in [0.2, 0.25) is 5.91 Å². The van der Waals surface area contributed by atoms with Crippen LogP contribution in [0.1, 0.15) is 5.56 Å². The van der Waals surface area contributed by atoms with E-state index in [0.717, 1.165) is 0 Å². The highest BCUT2D eigenvalue weighted by atomic mass is 35.5. The van der Waals surface area contributed by atoms with Gasteiger partial charge in [-0.15, -0.1) is 0 Å². The number of amides is 1. The summed E-state index contributed by atoms with van der Waals surface area (Å²) in [6.07, 6.45) is 0. The van der Waals surface area contributed by atoms with Crippen LogP contribution in [-0.2, 0) is 21.2 Å². The Morgan fingerprint density at radius 2 is 1.76 bits per heavy atom. The third-order valence-corrected chi connectivity index (χ3v) is 5.04. The first-order valence-electron chi connectivity index (χ1n) is 7.05. The predicted octanol–water partition coefficient (Wildman–Crippen LogP) is 3.03. The second kappa shape index (κ2) is 8.26. The lowest BCUT2D eigenvalue weighted by atomic mass is 10.2. The molecule has 0 aliphatic heterocycles. The number of benzene rings is 2. The number of carbonyl (C=O) groups excluding carboxylic acids is 1. The van der Waals surface area contributed by atoms with Crippen LogP contribution < -0.4 is 10.1 Å². The van der Waals surface area contributed by atoms with E-state index in [1.165, 1.54) is 42.5 Å². The van der Waals surface area contributed by atoms with Gasteiger partial charge < -0.3 is 10.1 Å². The van der Waals surface area contributed by atoms with E-state index in [1.807, 2.05) is 0 Å². The number of para-hydroxylation sites is 1. The van der Waals surface area contributed by atoms with Crippen molar-refractivity contribution in [2.24, 2.45) is 0 Å². The van der Waals surface area contributed by atoms with E-state index in [9.17, 15) is 22.0 Å². The maximum absolute atomic E-state index is 12.3. The van der Waals surface area contributed by atoms with Gasteiger partial charge in [-0.25, -0.2) is 8.42 Å². The van der Waals surface area contributed by atoms with Crippen molar-refractivity contribution in [1.82, 2.24) is 5.32 Å². The van der Waals surface area contributed by atoms with Crippen LogP contribution in [-0.4, -0.2) is 26.7 Å². The smallest absolute Gasteiger partial charge is 0.387 e. The summed E-state index contributed by atoms with van der Waals surface area (Å²) in [7, 11) is -3.83. The van der Waals surface area contributed by atoms with Crippen LogP contribution in [0.5, 0.6) is 5.75 Å². The number of nitrogens with one attached hydrogen (secondary N) is 1. The summed E-state index contributed by atoms with van der Waals surface area (Å²) in [4.78, 5) is 11.9. The molecular formula is C16H14ClF2NO4S. The van der Waals surface area contributed by atoms with E-state index < -0.39 is 28.1 Å². The van der Waals surface area contributed by atoms with Gasteiger partial charge in [-0.3, -0.25) is 4.79 Å². The van der Waals surface area contributed by atoms with E-state index in [2.05, 4.69) is 10.1 Å². The van der Waals surface area contributed by atoms with Crippen LogP contribution >= 0.6 is 11.6 Å². The van der Waals surface area contributed by atoms with Crippen LogP contribution in [0.3, 0.4) is 0 Å². The molecule has 5 nitrogen and oxygen atoms in total. The monoisotopic (exact) mass is 389 g/mol. The van der Waals surface area contributed by atoms with Gasteiger partial charge in [0.05, 0.1) is 4.90 Å². The van der Waals surface area contributed by atoms with Gasteiger partial charge >= 0.3 is 6.61 Å². The Morgan fingerprint density at radius 1 is 1.12 bits per heavy atom. The van der Waals surface area contributed by atoms with E-state index in [-0.39, 0.29) is 17.2 Å². The standard InChI is InChI=1S/C16H14ClF2NO4S/c17-12-5-7-13(8-6-12)25(22,23)10-15(21)20-9-11-3-1-2-4-14(11)24-16(18)19/h1-8,16H,9-10H2,(H,20,21). The SMILES string of the molecule is O=C(CS(=O)(=O)c1ccc(Cl)cc1)NCc1ccccc1OC(F)F. The normalized spacial score (nSPS) is 11.4. The average molecular weight is 390 g/mol. The van der Waals surface area contributed by atoms with Gasteiger partial charge in [0, 0.05) is 17.1 Å². The van der Waals surface area contributed by atoms with E-state index in [4.69, 9.17) is 11.6 Å². The minimum absolute atomic E-state index is 0.0338. The molecule has 0 unspecified atom stereocenters. The predicted molar refractivity (Wildman–Crippen MR) is 88.4 cm³/mol. The van der Waals surface area contributed by atoms with Gasteiger partial charge in [0.1, 0.15) is 11.5 Å². The Kier molecular flexibility index (Phi) is 6.33. The minimum Gasteiger partial charge on any atom is -0.434 e. The Labute approximate surface area is 148 Å². The van der Waals surface area contributed by atoms with Crippen LogP contribution in [0.2, 0.25) is 5.02 Å². The van der Waals surface area contributed by atoms with E-state index >= 15 is 0 Å². The lowest BCUT2D eigenvalue weighted by Gasteiger charge is -2.11. The zero-order valence-corrected chi connectivity index (χ0v) is 14.4. The molecule has 134 valence electrons. The fourth-order valence-corrected chi connectivity index (χ4v) is 3.29. The lowest BCUT2D eigenvalue weighted by Crippen LogP contribution is -2.30. The molecule has 0 saturated carbocycles. The molecule has 0 aliphatic rings. The summed E-state index contributed by atoms with van der Waals surface area (Å²) in [5.41, 5.74) is 0.306. The fraction of sp³-hybridized carbons (Fsp3) is 0.188. The van der Waals surface area contributed by atoms with Gasteiger partial charge in [-0.1, -0.05) is 29.8 Å². The van der Waals surface area contributed by atoms with Crippen molar-refractivity contribution in [3.05, 3.63) is 59.1 Å². The van der Waals surface area contributed by atoms with Crippen LogP contribution in [0, 0.1) is 0 Å². The molecule has 1 N–H and O–H groups in total. The van der Waals surface area contributed by atoms with Gasteiger partial charge in [-0.05, 0) is 30.3 Å². The number of alkyl halides is 2. The van der Waals surface area contributed by atoms with Crippen molar-refractivity contribution in [3.8, 4) is 5.75 Å². The topological polar surface area (TPSA) is 72.5 Å². The molecule has 0 bridgehead atoms. The maximum atomic E-state index is 12.3. The number of hydrogen-bond acceptors (Lipinski definition) is 4. The Morgan fingerprint density at radius 3 is 2.40 bits per heavy atom. The Hall–Kier alpha value is -2.19. The number of ether oxygens (including phenoxy) is 1. The quantitative estimate of drug-likeness (QED) is 0.790. The molecule has 0 radical (unpaired) electrons. The maximum Gasteiger partial charge on any atom is 0.387 e. The largest absolute Gasteiger partial charge is 0.434 e. The second-order valence-corrected chi connectivity index (χ2v) is 7.40. The van der Waals surface area contributed by atoms with Crippen molar-refractivity contribution in [2.45, 2.75) is 18.1 Å². The molecule has 2 aromatic rings. The first-order valence-corrected chi connectivity index (χ1v) is 9.09. The van der Waals surface area contributed by atoms with Crippen molar-refractivity contribution < 1.29 is 26.7 Å². The van der Waals surface area contributed by atoms with Crippen LogP contribution in [0.4, 0.5) is 8.78 Å². The molecule has 2 rings (SSSR count). The summed E-state index contributed by atoms with van der Waals surface area (Å²) < 4.78 is 53.3. The number of rotatable bonds is 7. The molecule has 0 atom stereocenters. The number of sulfone groups is 1. The van der Waals surface area contributed by atoms with Gasteiger partial charge in [0.15, 0.2) is 9.84 Å². The van der Waals surface area contributed by atoms with E-state index in [1.54, 1.807) is 6.07 Å². The summed E-state index contributed by atoms with van der Waals surface area (Å²) in [5, 5.41) is 2.75. The average Bonchev–Trinajstić information content (AvgIpc) is 2.53. The zero-order chi connectivity index (χ0) is 18.4. The fourth-order valence-electron chi connectivity index (χ4n) is 2.00. The van der Waals surface area contributed by atoms with Crippen molar-refractivity contribution in [2.75, 3.05) is 5.75 Å². The molecule has 0 spiro atoms. The molecule has 2 aromatic carbocycles. The summed E-state index contributed by atoms with van der Waals surface area (Å²) in [6, 6.07) is 11.3. The highest BCUT2D eigenvalue weighted by molar-refractivity contribution is 7.92. The highest BCUT2D eigenvalue weighted by Gasteiger charge is 2.19. The molecule has 0 aromatic heterocycles. The molecule has 0 heterocycles. The molecule has 0 saturated heterocycles. The minimum atomic E-state index is -3.83. The number of carbonyl (C=O) groups is 1. The highest BCUT2D eigenvalue weighted by Crippen LogP contribution is 2.20. The third-order valence-electron chi connectivity index (χ3n) is 3.16. The van der Waals surface area contributed by atoms with Gasteiger partial charge in [0.25, 0.3) is 0 Å². The summed E-state index contributed by atoms with van der Waals surface area (Å²) >= 11 is 5.70. The molecular weight excluding hydrogens is 376 g/mol. The van der Waals surface area contributed by atoms with Crippen LogP contribution in [0.15, 0.2) is 53.4 Å². The second-order valence-electron chi connectivity index (χ2n) is 4.98. The molecule has 9 heteroatoms.